The highest BCUT2D eigenvalue weighted by Gasteiger charge is 2.28. The van der Waals surface area contributed by atoms with Crippen molar-refractivity contribution in [3.05, 3.63) is 0 Å². The number of aliphatic carboxylic acids is 1. The van der Waals surface area contributed by atoms with E-state index in [1.165, 1.54) is 0 Å². The summed E-state index contributed by atoms with van der Waals surface area (Å²) >= 11 is 1.11. The van der Waals surface area contributed by atoms with Gasteiger partial charge in [0.25, 0.3) is 0 Å². The quantitative estimate of drug-likeness (QED) is 0.540. The second-order valence-electron chi connectivity index (χ2n) is 4.13. The lowest BCUT2D eigenvalue weighted by Crippen LogP contribution is -2.37. The van der Waals surface area contributed by atoms with Gasteiger partial charge < -0.3 is 16.2 Å². The number of sulfone groups is 1. The fourth-order valence-corrected chi connectivity index (χ4v) is 3.98. The molecule has 7 nitrogen and oxygen atoms in total. The van der Waals surface area contributed by atoms with Gasteiger partial charge in [-0.15, -0.1) is 11.8 Å². The fourth-order valence-electron chi connectivity index (χ4n) is 1.53. The average molecular weight is 296 g/mol. The van der Waals surface area contributed by atoms with E-state index in [0.717, 1.165) is 11.8 Å². The van der Waals surface area contributed by atoms with Gasteiger partial charge in [-0.05, 0) is 6.42 Å². The summed E-state index contributed by atoms with van der Waals surface area (Å²) in [5.74, 6) is -1.08. The Morgan fingerprint density at radius 3 is 2.67 bits per heavy atom. The summed E-state index contributed by atoms with van der Waals surface area (Å²) in [6.07, 6.45) is 0.438. The SMILES string of the molecule is NC(CSCC(=O)NC1CCS(=O)(=O)C1)C(=O)O. The maximum Gasteiger partial charge on any atom is 0.321 e. The van der Waals surface area contributed by atoms with Gasteiger partial charge in [0.1, 0.15) is 6.04 Å². The van der Waals surface area contributed by atoms with Crippen molar-refractivity contribution in [3.8, 4) is 0 Å². The van der Waals surface area contributed by atoms with E-state index < -0.39 is 21.8 Å². The third-order valence-corrected chi connectivity index (χ3v) is 5.27. The van der Waals surface area contributed by atoms with E-state index >= 15 is 0 Å². The van der Waals surface area contributed by atoms with Crippen LogP contribution in [0, 0.1) is 0 Å². The fraction of sp³-hybridized carbons (Fsp3) is 0.778. The molecule has 9 heteroatoms. The number of carboxylic acids is 1. The van der Waals surface area contributed by atoms with Crippen LogP contribution in [0.2, 0.25) is 0 Å². The van der Waals surface area contributed by atoms with Gasteiger partial charge >= 0.3 is 5.97 Å². The van der Waals surface area contributed by atoms with Crippen LogP contribution in [0.5, 0.6) is 0 Å². The molecule has 1 amide bonds. The second-order valence-corrected chi connectivity index (χ2v) is 7.39. The minimum atomic E-state index is -3.01. The van der Waals surface area contributed by atoms with Crippen molar-refractivity contribution in [2.24, 2.45) is 5.73 Å². The number of amides is 1. The topological polar surface area (TPSA) is 127 Å². The number of thioether (sulfide) groups is 1. The number of hydrogen-bond donors (Lipinski definition) is 3. The minimum absolute atomic E-state index is 0.0158. The van der Waals surface area contributed by atoms with Gasteiger partial charge in [-0.3, -0.25) is 9.59 Å². The minimum Gasteiger partial charge on any atom is -0.480 e. The Balaban J connectivity index is 2.21. The molecule has 0 aromatic carbocycles. The van der Waals surface area contributed by atoms with E-state index in [-0.39, 0.29) is 35.0 Å². The highest BCUT2D eigenvalue weighted by atomic mass is 32.2. The van der Waals surface area contributed by atoms with Crippen molar-refractivity contribution in [2.75, 3.05) is 23.0 Å². The van der Waals surface area contributed by atoms with Crippen LogP contribution in [-0.4, -0.2) is 60.5 Å². The normalized spacial score (nSPS) is 23.5. The molecule has 0 aromatic rings. The Bertz CT molecular complexity index is 423. The number of carbonyl (C=O) groups is 2. The maximum absolute atomic E-state index is 11.4. The lowest BCUT2D eigenvalue weighted by Gasteiger charge is -2.11. The van der Waals surface area contributed by atoms with Crippen LogP contribution in [0.15, 0.2) is 0 Å². The first-order valence-corrected chi connectivity index (χ1v) is 8.33. The second kappa shape index (κ2) is 6.39. The van der Waals surface area contributed by atoms with Crippen molar-refractivity contribution in [2.45, 2.75) is 18.5 Å². The van der Waals surface area contributed by atoms with Crippen molar-refractivity contribution in [1.29, 1.82) is 0 Å². The van der Waals surface area contributed by atoms with E-state index in [0.29, 0.717) is 6.42 Å². The van der Waals surface area contributed by atoms with Crippen molar-refractivity contribution < 1.29 is 23.1 Å². The summed E-state index contributed by atoms with van der Waals surface area (Å²) in [5.41, 5.74) is 5.27. The Kier molecular flexibility index (Phi) is 5.42. The van der Waals surface area contributed by atoms with Crippen LogP contribution in [-0.2, 0) is 19.4 Å². The molecular formula is C9H16N2O5S2. The van der Waals surface area contributed by atoms with Gasteiger partial charge in [0.05, 0.1) is 17.3 Å². The van der Waals surface area contributed by atoms with Crippen LogP contribution < -0.4 is 11.1 Å². The third kappa shape index (κ3) is 5.23. The van der Waals surface area contributed by atoms with Gasteiger partial charge in [0, 0.05) is 11.8 Å². The largest absolute Gasteiger partial charge is 0.480 e. The summed E-state index contributed by atoms with van der Waals surface area (Å²) in [7, 11) is -3.01. The summed E-state index contributed by atoms with van der Waals surface area (Å²) in [5, 5.41) is 11.1. The van der Waals surface area contributed by atoms with Crippen LogP contribution >= 0.6 is 11.8 Å². The number of rotatable bonds is 6. The molecule has 1 aliphatic rings. The molecule has 104 valence electrons. The first-order chi connectivity index (χ1) is 8.30. The van der Waals surface area contributed by atoms with Gasteiger partial charge in [0.15, 0.2) is 9.84 Å². The molecule has 2 atom stereocenters. The molecule has 2 unspecified atom stereocenters. The molecule has 1 aliphatic heterocycles. The standard InChI is InChI=1S/C9H16N2O5S2/c10-7(9(13)14)3-17-4-8(12)11-6-1-2-18(15,16)5-6/h6-7H,1-5,10H2,(H,11,12)(H,13,14). The lowest BCUT2D eigenvalue weighted by atomic mass is 10.3. The first-order valence-electron chi connectivity index (χ1n) is 5.36. The number of hydrogen-bond acceptors (Lipinski definition) is 6. The van der Waals surface area contributed by atoms with Crippen molar-refractivity contribution >= 4 is 33.5 Å². The zero-order chi connectivity index (χ0) is 13.8. The molecule has 0 radical (unpaired) electrons. The van der Waals surface area contributed by atoms with Gasteiger partial charge in [-0.1, -0.05) is 0 Å². The van der Waals surface area contributed by atoms with Gasteiger partial charge in [-0.2, -0.15) is 0 Å². The Morgan fingerprint density at radius 1 is 1.50 bits per heavy atom. The summed E-state index contributed by atoms with van der Waals surface area (Å²) in [6, 6.07) is -1.31. The van der Waals surface area contributed by atoms with E-state index in [9.17, 15) is 18.0 Å². The predicted octanol–water partition coefficient (Wildman–Crippen LogP) is -1.57. The van der Waals surface area contributed by atoms with E-state index in [4.69, 9.17) is 10.8 Å². The van der Waals surface area contributed by atoms with E-state index in [1.807, 2.05) is 0 Å². The average Bonchev–Trinajstić information content (AvgIpc) is 2.57. The lowest BCUT2D eigenvalue weighted by molar-refractivity contribution is -0.138. The van der Waals surface area contributed by atoms with Crippen molar-refractivity contribution in [1.82, 2.24) is 5.32 Å². The molecule has 0 bridgehead atoms. The molecule has 1 heterocycles. The Hall–Kier alpha value is -0.800. The third-order valence-electron chi connectivity index (χ3n) is 2.45. The van der Waals surface area contributed by atoms with Crippen LogP contribution in [0.4, 0.5) is 0 Å². The Morgan fingerprint density at radius 2 is 2.17 bits per heavy atom. The van der Waals surface area contributed by atoms with Crippen LogP contribution in [0.1, 0.15) is 6.42 Å². The number of carbonyl (C=O) groups excluding carboxylic acids is 1. The molecule has 0 spiro atoms. The first kappa shape index (κ1) is 15.3. The highest BCUT2D eigenvalue weighted by molar-refractivity contribution is 8.00. The van der Waals surface area contributed by atoms with Crippen LogP contribution in [0.25, 0.3) is 0 Å². The maximum atomic E-state index is 11.4. The zero-order valence-corrected chi connectivity index (χ0v) is 11.3. The molecule has 4 N–H and O–H groups in total. The van der Waals surface area contributed by atoms with Crippen LogP contribution in [0.3, 0.4) is 0 Å². The Labute approximate surface area is 109 Å². The summed E-state index contributed by atoms with van der Waals surface area (Å²) < 4.78 is 22.3. The molecule has 1 fully saturated rings. The number of nitrogens with one attached hydrogen (secondary N) is 1. The highest BCUT2D eigenvalue weighted by Crippen LogP contribution is 2.11. The van der Waals surface area contributed by atoms with E-state index in [2.05, 4.69) is 5.32 Å². The molecule has 0 aromatic heterocycles. The van der Waals surface area contributed by atoms with Gasteiger partial charge in [-0.25, -0.2) is 8.42 Å². The predicted molar refractivity (Wildman–Crippen MR) is 68.1 cm³/mol. The van der Waals surface area contributed by atoms with Gasteiger partial charge in [0.2, 0.25) is 5.91 Å². The molecule has 18 heavy (non-hydrogen) atoms. The molecule has 1 saturated heterocycles. The molecule has 0 aliphatic carbocycles. The van der Waals surface area contributed by atoms with E-state index in [1.54, 1.807) is 0 Å². The molecular weight excluding hydrogens is 280 g/mol. The number of nitrogens with two attached hydrogens (primary N) is 1. The molecule has 1 rings (SSSR count). The summed E-state index contributed by atoms with van der Waals surface area (Å²) in [4.78, 5) is 21.9. The summed E-state index contributed by atoms with van der Waals surface area (Å²) in [6.45, 7) is 0. The van der Waals surface area contributed by atoms with Crippen molar-refractivity contribution in [3.63, 3.8) is 0 Å². The monoisotopic (exact) mass is 296 g/mol. The smallest absolute Gasteiger partial charge is 0.321 e. The number of carboxylic acid groups (broad SMARTS) is 1. The molecule has 0 saturated carbocycles. The zero-order valence-electron chi connectivity index (χ0n) is 9.66.